The molecule has 1 unspecified atom stereocenters. The minimum absolute atomic E-state index is 0.0000438. The molecule has 1 aromatic rings. The summed E-state index contributed by atoms with van der Waals surface area (Å²) in [4.78, 5) is 36.1. The van der Waals surface area contributed by atoms with Gasteiger partial charge in [-0.3, -0.25) is 9.09 Å². The van der Waals surface area contributed by atoms with Gasteiger partial charge < -0.3 is 39.6 Å². The van der Waals surface area contributed by atoms with E-state index in [9.17, 15) is 29.3 Å². The summed E-state index contributed by atoms with van der Waals surface area (Å²) in [5, 5.41) is 30.8. The van der Waals surface area contributed by atoms with Crippen LogP contribution >= 0.6 is 15.6 Å². The summed E-state index contributed by atoms with van der Waals surface area (Å²) in [6.45, 7) is -0.760. The molecule has 0 bridgehead atoms. The second-order valence-corrected chi connectivity index (χ2v) is 9.06. The average molecular weight is 468 g/mol. The molecule has 0 amide bonds. The Kier molecular flexibility index (Phi) is 6.38. The maximum atomic E-state index is 11.5. The van der Waals surface area contributed by atoms with Crippen molar-refractivity contribution in [3.8, 4) is 12.3 Å². The summed E-state index contributed by atoms with van der Waals surface area (Å²) in [6, 6.07) is 0. The summed E-state index contributed by atoms with van der Waals surface area (Å²) in [5.74, 6) is 2.12. The van der Waals surface area contributed by atoms with Gasteiger partial charge in [0.15, 0.2) is 17.1 Å². The lowest BCUT2D eigenvalue weighted by molar-refractivity contribution is -0.0538. The lowest BCUT2D eigenvalue weighted by Crippen LogP contribution is -2.45. The van der Waals surface area contributed by atoms with Crippen LogP contribution in [0.15, 0.2) is 11.3 Å². The minimum atomic E-state index is -5.31. The molecule has 1 saturated heterocycles. The van der Waals surface area contributed by atoms with Crippen molar-refractivity contribution in [3.63, 3.8) is 0 Å². The molecule has 3 rings (SSSR count). The van der Waals surface area contributed by atoms with Gasteiger partial charge in [0, 0.05) is 0 Å². The lowest BCUT2D eigenvalue weighted by Gasteiger charge is -2.21. The van der Waals surface area contributed by atoms with Crippen LogP contribution in [0.2, 0.25) is 0 Å². The third-order valence-corrected chi connectivity index (χ3v) is 6.33. The number of hydrogen-bond acceptors (Lipinski definition) is 11. The van der Waals surface area contributed by atoms with Crippen molar-refractivity contribution in [2.45, 2.75) is 24.5 Å². The third kappa shape index (κ3) is 4.74. The third-order valence-electron chi connectivity index (χ3n) is 4.18. The second kappa shape index (κ2) is 8.37. The van der Waals surface area contributed by atoms with Crippen molar-refractivity contribution in [1.82, 2.24) is 14.5 Å². The van der Waals surface area contributed by atoms with Gasteiger partial charge in [-0.05, 0) is 0 Å². The van der Waals surface area contributed by atoms with Crippen molar-refractivity contribution in [2.24, 2.45) is 4.99 Å². The first-order chi connectivity index (χ1) is 13.9. The zero-order valence-corrected chi connectivity index (χ0v) is 16.8. The van der Waals surface area contributed by atoms with Crippen LogP contribution in [0.5, 0.6) is 0 Å². The van der Waals surface area contributed by atoms with Crippen LogP contribution in [-0.2, 0) is 22.7 Å². The van der Waals surface area contributed by atoms with Gasteiger partial charge >= 0.3 is 15.6 Å². The number of ether oxygens (including phenoxy) is 1. The molecule has 15 nitrogen and oxygen atoms in total. The van der Waals surface area contributed by atoms with E-state index < -0.39 is 46.8 Å². The van der Waals surface area contributed by atoms with Gasteiger partial charge in [0.05, 0.1) is 19.5 Å². The van der Waals surface area contributed by atoms with E-state index in [1.165, 1.54) is 15.8 Å². The maximum absolute atomic E-state index is 11.5. The molecule has 0 aromatic carbocycles. The molecule has 0 saturated carbocycles. The molecule has 2 aliphatic rings. The molecule has 166 valence electrons. The number of aliphatic hydroxyl groups excluding tert-OH is 3. The molecule has 0 radical (unpaired) electrons. The molecular formula is C13H18N4O11P2. The van der Waals surface area contributed by atoms with Crippen LogP contribution < -0.4 is 10.8 Å². The number of aliphatic hydroxyl groups is 3. The number of nitrogens with zero attached hydrogens (tertiary/aromatic N) is 4. The number of rotatable bonds is 7. The lowest BCUT2D eigenvalue weighted by atomic mass is 10.1. The highest BCUT2D eigenvalue weighted by Gasteiger charge is 2.46. The van der Waals surface area contributed by atoms with Crippen LogP contribution in [0.4, 0.5) is 0 Å². The van der Waals surface area contributed by atoms with Crippen molar-refractivity contribution >= 4 is 21.5 Å². The Morgan fingerprint density at radius 3 is 2.63 bits per heavy atom. The minimum Gasteiger partial charge on any atom is -0.493 e. The smallest absolute Gasteiger partial charge is 0.481 e. The molecule has 5 atom stereocenters. The highest BCUT2D eigenvalue weighted by atomic mass is 31.3. The fourth-order valence-corrected chi connectivity index (χ4v) is 4.48. The molecule has 30 heavy (non-hydrogen) atoms. The van der Waals surface area contributed by atoms with E-state index in [-0.39, 0.29) is 29.9 Å². The molecule has 1 fully saturated rings. The predicted molar refractivity (Wildman–Crippen MR) is 94.3 cm³/mol. The summed E-state index contributed by atoms with van der Waals surface area (Å²) in [7, 11) is -10.5. The van der Waals surface area contributed by atoms with Crippen LogP contribution in [-0.4, -0.2) is 82.6 Å². The summed E-state index contributed by atoms with van der Waals surface area (Å²) in [6.07, 6.45) is 0.617. The van der Waals surface area contributed by atoms with E-state index in [1.54, 1.807) is 0 Å². The van der Waals surface area contributed by atoms with E-state index in [4.69, 9.17) is 20.9 Å². The monoisotopic (exact) mass is 468 g/mol. The van der Waals surface area contributed by atoms with E-state index in [0.717, 1.165) is 0 Å². The van der Waals surface area contributed by atoms with Gasteiger partial charge in [0.1, 0.15) is 25.0 Å². The van der Waals surface area contributed by atoms with Crippen molar-refractivity contribution < 1.29 is 52.7 Å². The molecule has 2 aliphatic heterocycles. The standard InChI is InChI=1S/C13H18N4O11P2/c1-2-3-16-5-15-11-8(12(16)20)14-6-17(11)13-10(19)9(18)7(27-13)4-26-30(24,25)28-29(21,22)23/h1,6-7,9-10,13,18-20H,3-5H2,(H,24,25)(H2,21,22,23)/t7-,9-,10-,13-/m1/s1. The Balaban J connectivity index is 1.78. The topological polar surface area (TPSA) is 217 Å². The number of terminal acetylenes is 1. The molecule has 0 spiro atoms. The first-order valence-electron chi connectivity index (χ1n) is 8.18. The van der Waals surface area contributed by atoms with Crippen molar-refractivity contribution in [2.75, 3.05) is 19.8 Å². The second-order valence-electron chi connectivity index (χ2n) is 6.23. The van der Waals surface area contributed by atoms with E-state index in [0.29, 0.717) is 0 Å². The fourth-order valence-electron chi connectivity index (χ4n) is 2.88. The highest BCUT2D eigenvalue weighted by molar-refractivity contribution is 7.60. The number of fused-ring (bicyclic) bond motifs is 1. The van der Waals surface area contributed by atoms with Gasteiger partial charge in [-0.15, -0.1) is 6.42 Å². The quantitative estimate of drug-likeness (QED) is 0.173. The number of imidazole rings is 1. The number of hydrogen-bond donors (Lipinski definition) is 6. The van der Waals surface area contributed by atoms with E-state index >= 15 is 0 Å². The largest absolute Gasteiger partial charge is 0.493 e. The first-order valence-corrected chi connectivity index (χ1v) is 11.2. The van der Waals surface area contributed by atoms with Crippen molar-refractivity contribution in [3.05, 3.63) is 17.2 Å². The number of phosphoric ester groups is 1. The van der Waals surface area contributed by atoms with Gasteiger partial charge in [-0.1, -0.05) is 5.92 Å². The molecule has 3 heterocycles. The summed E-state index contributed by atoms with van der Waals surface area (Å²) >= 11 is 0. The van der Waals surface area contributed by atoms with E-state index in [1.807, 2.05) is 0 Å². The Morgan fingerprint density at radius 1 is 1.30 bits per heavy atom. The Hall–Kier alpha value is -1.82. The van der Waals surface area contributed by atoms with Gasteiger partial charge in [-0.2, -0.15) is 4.31 Å². The zero-order chi connectivity index (χ0) is 22.3. The molecule has 0 aliphatic carbocycles. The van der Waals surface area contributed by atoms with Gasteiger partial charge in [0.25, 0.3) is 0 Å². The average Bonchev–Trinajstić information content (AvgIpc) is 3.17. The Labute approximate surface area is 168 Å². The first kappa shape index (κ1) is 22.9. The molecule has 17 heteroatoms. The normalized spacial score (nSPS) is 28.5. The zero-order valence-electron chi connectivity index (χ0n) is 15.0. The fraction of sp³-hybridized carbons (Fsp3) is 0.538. The van der Waals surface area contributed by atoms with Crippen molar-refractivity contribution in [1.29, 1.82) is 0 Å². The van der Waals surface area contributed by atoms with Crippen LogP contribution in [0, 0.1) is 12.3 Å². The number of aromatic nitrogens is 2. The van der Waals surface area contributed by atoms with E-state index in [2.05, 4.69) is 24.7 Å². The number of phosphoric acid groups is 2. The maximum Gasteiger partial charge on any atom is 0.481 e. The molecular weight excluding hydrogens is 450 g/mol. The van der Waals surface area contributed by atoms with Gasteiger partial charge in [0.2, 0.25) is 5.88 Å². The summed E-state index contributed by atoms with van der Waals surface area (Å²) in [5.41, 5.74) is 0.135. The predicted octanol–water partition coefficient (Wildman–Crippen LogP) is -3.12. The Morgan fingerprint density at radius 2 is 2.00 bits per heavy atom. The molecule has 6 N–H and O–H groups in total. The van der Waals surface area contributed by atoms with Crippen LogP contribution in [0.1, 0.15) is 6.23 Å². The summed E-state index contributed by atoms with van der Waals surface area (Å²) < 4.78 is 37.0. The SMILES string of the molecule is C#CCN1CN=c2c(ncn2[C@@H]2O[C@H](COP(=O)(O)OP(=O)(O)O)[C@@H](O)[C@H]2O)=C1O. The Bertz CT molecular complexity index is 1060. The molecule has 1 aromatic heterocycles. The van der Waals surface area contributed by atoms with Crippen LogP contribution in [0.3, 0.4) is 0 Å². The van der Waals surface area contributed by atoms with Crippen LogP contribution in [0.25, 0.3) is 5.88 Å². The highest BCUT2D eigenvalue weighted by Crippen LogP contribution is 2.57. The van der Waals surface area contributed by atoms with Gasteiger partial charge in [-0.25, -0.2) is 19.1 Å².